The fourth-order valence-electron chi connectivity index (χ4n) is 2.49. The van der Waals surface area contributed by atoms with Gasteiger partial charge in [0.1, 0.15) is 11.5 Å². The SMILES string of the molecule is CCOc1ccc(NS#CN/N=C/c2ccc(Oc3ccccc3)c(OC)c2)cc1. The molecule has 0 spiro atoms. The van der Waals surface area contributed by atoms with Crippen LogP contribution in [0.2, 0.25) is 0 Å². The van der Waals surface area contributed by atoms with Crippen LogP contribution < -0.4 is 24.4 Å². The molecule has 0 heterocycles. The molecular formula is C23H23N3O3S. The second kappa shape index (κ2) is 11.4. The zero-order chi connectivity index (χ0) is 21.0. The summed E-state index contributed by atoms with van der Waals surface area (Å²) < 4.78 is 19.8. The van der Waals surface area contributed by atoms with Gasteiger partial charge in [-0.05, 0) is 67.1 Å². The molecule has 154 valence electrons. The highest BCUT2D eigenvalue weighted by molar-refractivity contribution is 7.90. The van der Waals surface area contributed by atoms with Crippen molar-refractivity contribution in [1.82, 2.24) is 5.43 Å². The smallest absolute Gasteiger partial charge is 0.169 e. The molecule has 0 unspecified atom stereocenters. The van der Waals surface area contributed by atoms with Gasteiger partial charge in [0, 0.05) is 17.0 Å². The van der Waals surface area contributed by atoms with Crippen molar-refractivity contribution in [3.05, 3.63) is 78.4 Å². The Morgan fingerprint density at radius 2 is 1.77 bits per heavy atom. The number of methoxy groups -OCH3 is 1. The Balaban J connectivity index is 1.53. The minimum atomic E-state index is 0.627. The van der Waals surface area contributed by atoms with E-state index in [1.165, 1.54) is 11.4 Å². The van der Waals surface area contributed by atoms with Crippen LogP contribution >= 0.6 is 11.4 Å². The van der Waals surface area contributed by atoms with E-state index in [0.717, 1.165) is 22.7 Å². The summed E-state index contributed by atoms with van der Waals surface area (Å²) in [5.41, 5.74) is 4.56. The number of ether oxygens (including phenoxy) is 3. The Bertz CT molecular complexity index is 1030. The van der Waals surface area contributed by atoms with Crippen LogP contribution in [-0.2, 0) is 0 Å². The molecule has 0 bridgehead atoms. The molecule has 0 radical (unpaired) electrons. The van der Waals surface area contributed by atoms with Crippen molar-refractivity contribution in [2.24, 2.45) is 5.10 Å². The zero-order valence-corrected chi connectivity index (χ0v) is 17.6. The lowest BCUT2D eigenvalue weighted by Crippen LogP contribution is -1.96. The average Bonchev–Trinajstić information content (AvgIpc) is 2.79. The Labute approximate surface area is 180 Å². The molecule has 0 aliphatic carbocycles. The number of nitrogens with zero attached hydrogens (tertiary/aromatic N) is 1. The first-order valence-corrected chi connectivity index (χ1v) is 10.2. The van der Waals surface area contributed by atoms with Gasteiger partial charge in [0.2, 0.25) is 0 Å². The summed E-state index contributed by atoms with van der Waals surface area (Å²) in [6, 6.07) is 22.9. The molecule has 0 aliphatic rings. The first-order chi connectivity index (χ1) is 14.8. The van der Waals surface area contributed by atoms with Crippen molar-refractivity contribution < 1.29 is 14.2 Å². The lowest BCUT2D eigenvalue weighted by Gasteiger charge is -2.10. The third-order valence-electron chi connectivity index (χ3n) is 3.87. The van der Waals surface area contributed by atoms with E-state index < -0.39 is 0 Å². The van der Waals surface area contributed by atoms with Gasteiger partial charge in [-0.2, -0.15) is 5.10 Å². The van der Waals surface area contributed by atoms with Crippen LogP contribution in [0.4, 0.5) is 5.69 Å². The molecule has 2 N–H and O–H groups in total. The molecule has 0 saturated heterocycles. The van der Waals surface area contributed by atoms with Crippen molar-refractivity contribution in [2.75, 3.05) is 18.4 Å². The number of nitrogens with one attached hydrogen (secondary N) is 2. The number of para-hydroxylation sites is 1. The third-order valence-corrected chi connectivity index (χ3v) is 4.40. The van der Waals surface area contributed by atoms with Crippen molar-refractivity contribution in [2.45, 2.75) is 6.92 Å². The molecule has 0 aliphatic heterocycles. The molecule has 7 heteroatoms. The Morgan fingerprint density at radius 1 is 0.967 bits per heavy atom. The van der Waals surface area contributed by atoms with Gasteiger partial charge in [-0.25, -0.2) is 5.43 Å². The Morgan fingerprint density at radius 3 is 2.50 bits per heavy atom. The normalized spacial score (nSPS) is 10.2. The van der Waals surface area contributed by atoms with Crippen LogP contribution in [0, 0.1) is 5.31 Å². The minimum absolute atomic E-state index is 0.627. The number of anilines is 1. The molecule has 30 heavy (non-hydrogen) atoms. The topological polar surface area (TPSA) is 64.1 Å². The summed E-state index contributed by atoms with van der Waals surface area (Å²) in [6.45, 7) is 2.61. The van der Waals surface area contributed by atoms with Gasteiger partial charge in [-0.1, -0.05) is 18.2 Å². The maximum Gasteiger partial charge on any atom is 0.169 e. The number of hydrazone groups is 1. The zero-order valence-electron chi connectivity index (χ0n) is 16.8. The number of rotatable bonds is 8. The summed E-state index contributed by atoms with van der Waals surface area (Å²) in [5.74, 6) is 2.86. The molecule has 0 saturated carbocycles. The van der Waals surface area contributed by atoms with Crippen molar-refractivity contribution in [1.29, 1.82) is 0 Å². The fourth-order valence-corrected chi connectivity index (χ4v) is 2.89. The van der Waals surface area contributed by atoms with E-state index in [4.69, 9.17) is 14.2 Å². The maximum atomic E-state index is 5.86. The number of hydrogen-bond acceptors (Lipinski definition) is 6. The Kier molecular flexibility index (Phi) is 7.97. The molecule has 0 aromatic heterocycles. The molecule has 3 rings (SSSR count). The first kappa shape index (κ1) is 21.0. The second-order valence-corrected chi connectivity index (χ2v) is 6.57. The van der Waals surface area contributed by atoms with Crippen LogP contribution in [0.3, 0.4) is 0 Å². The summed E-state index contributed by atoms with van der Waals surface area (Å²) >= 11 is 1.26. The average molecular weight is 422 g/mol. The van der Waals surface area contributed by atoms with Gasteiger partial charge < -0.3 is 18.9 Å². The van der Waals surface area contributed by atoms with Crippen molar-refractivity contribution >= 4 is 23.3 Å². The van der Waals surface area contributed by atoms with Crippen molar-refractivity contribution in [3.63, 3.8) is 0 Å². The minimum Gasteiger partial charge on any atom is -0.494 e. The largest absolute Gasteiger partial charge is 0.494 e. The van der Waals surface area contributed by atoms with Crippen LogP contribution in [0.15, 0.2) is 77.9 Å². The molecule has 0 fully saturated rings. The summed E-state index contributed by atoms with van der Waals surface area (Å²) in [4.78, 5) is 0. The standard InChI is InChI=1S/C23H23N3O3S/c1-3-28-20-12-10-19(11-13-20)26-30-17-25-24-16-18-9-14-22(23(15-18)27-2)29-21-7-5-4-6-8-21/h4-16,25-26H,3H2,1-2H3/b24-16+. The highest BCUT2D eigenvalue weighted by Crippen LogP contribution is 2.31. The van der Waals surface area contributed by atoms with E-state index in [0.29, 0.717) is 18.1 Å². The summed E-state index contributed by atoms with van der Waals surface area (Å²) in [6.07, 6.45) is 1.68. The quantitative estimate of drug-likeness (QED) is 0.218. The lowest BCUT2D eigenvalue weighted by molar-refractivity contribution is 0.340. The summed E-state index contributed by atoms with van der Waals surface area (Å²) in [5, 5.41) is 7.02. The second-order valence-electron chi connectivity index (χ2n) is 5.96. The fraction of sp³-hybridized carbons (Fsp3) is 0.130. The lowest BCUT2D eigenvalue weighted by atomic mass is 10.2. The summed E-state index contributed by atoms with van der Waals surface area (Å²) in [7, 11) is 1.61. The van der Waals surface area contributed by atoms with Crippen LogP contribution in [-0.4, -0.2) is 19.9 Å². The molecule has 3 aromatic rings. The first-order valence-electron chi connectivity index (χ1n) is 9.37. The van der Waals surface area contributed by atoms with E-state index in [2.05, 4.69) is 20.6 Å². The highest BCUT2D eigenvalue weighted by Gasteiger charge is 2.06. The third kappa shape index (κ3) is 6.44. The molecule has 6 nitrogen and oxygen atoms in total. The molecular weight excluding hydrogens is 398 g/mol. The van der Waals surface area contributed by atoms with Gasteiger partial charge in [-0.15, -0.1) is 0 Å². The highest BCUT2D eigenvalue weighted by atomic mass is 32.1. The predicted octanol–water partition coefficient (Wildman–Crippen LogP) is 5.49. The molecule has 0 atom stereocenters. The van der Waals surface area contributed by atoms with Gasteiger partial charge in [0.25, 0.3) is 0 Å². The van der Waals surface area contributed by atoms with Crippen LogP contribution in [0.1, 0.15) is 12.5 Å². The van der Waals surface area contributed by atoms with E-state index in [9.17, 15) is 0 Å². The van der Waals surface area contributed by atoms with Gasteiger partial charge >= 0.3 is 0 Å². The molecule has 0 amide bonds. The van der Waals surface area contributed by atoms with E-state index in [1.807, 2.05) is 79.7 Å². The monoisotopic (exact) mass is 421 g/mol. The predicted molar refractivity (Wildman–Crippen MR) is 123 cm³/mol. The van der Waals surface area contributed by atoms with Crippen molar-refractivity contribution in [3.8, 4) is 28.3 Å². The Hall–Kier alpha value is -3.67. The van der Waals surface area contributed by atoms with Gasteiger partial charge in [0.15, 0.2) is 11.5 Å². The van der Waals surface area contributed by atoms with Gasteiger partial charge in [0.05, 0.1) is 25.2 Å². The van der Waals surface area contributed by atoms with Crippen LogP contribution in [0.5, 0.6) is 23.0 Å². The van der Waals surface area contributed by atoms with E-state index in [-0.39, 0.29) is 0 Å². The van der Waals surface area contributed by atoms with E-state index in [1.54, 1.807) is 13.3 Å². The van der Waals surface area contributed by atoms with Crippen LogP contribution in [0.25, 0.3) is 0 Å². The van der Waals surface area contributed by atoms with E-state index >= 15 is 0 Å². The maximum absolute atomic E-state index is 5.86. The number of hydrogen-bond donors (Lipinski definition) is 2. The molecule has 3 aromatic carbocycles. The number of benzene rings is 3. The van der Waals surface area contributed by atoms with Gasteiger partial charge in [-0.3, -0.25) is 0 Å².